The van der Waals surface area contributed by atoms with E-state index in [4.69, 9.17) is 9.47 Å². The third kappa shape index (κ3) is 8.36. The number of esters is 1. The molecule has 1 N–H and O–H groups in total. The van der Waals surface area contributed by atoms with Gasteiger partial charge in [-0.15, -0.1) is 0 Å². The lowest BCUT2D eigenvalue weighted by Gasteiger charge is -2.60. The maximum absolute atomic E-state index is 14.4. The number of rotatable bonds is 13. The molecule has 0 bridgehead atoms. The van der Waals surface area contributed by atoms with E-state index in [2.05, 4.69) is 0 Å². The number of aliphatic hydroxyl groups excluding tert-OH is 1. The lowest BCUT2D eigenvalue weighted by molar-refractivity contribution is -0.350. The first kappa shape index (κ1) is 41.4. The van der Waals surface area contributed by atoms with Crippen molar-refractivity contribution in [3.63, 3.8) is 0 Å². The molecule has 0 radical (unpaired) electrons. The first-order valence-electron chi connectivity index (χ1n) is 14.3. The summed E-state index contributed by atoms with van der Waals surface area (Å²) in [6, 6.07) is 1.98. The van der Waals surface area contributed by atoms with Gasteiger partial charge in [0.25, 0.3) is 0 Å². The molecule has 0 spiro atoms. The first-order chi connectivity index (χ1) is 18.6. The molecule has 43 heavy (non-hydrogen) atoms. The van der Waals surface area contributed by atoms with E-state index in [-0.39, 0.29) is 18.4 Å². The minimum Gasteiger partial charge on any atom is -0.457 e. The van der Waals surface area contributed by atoms with Gasteiger partial charge in [-0.1, -0.05) is 96.9 Å². The van der Waals surface area contributed by atoms with Crippen LogP contribution in [0.1, 0.15) is 110 Å². The Bertz CT molecular complexity index is 998. The highest BCUT2D eigenvalue weighted by Crippen LogP contribution is 2.59. The zero-order valence-corrected chi connectivity index (χ0v) is 28.1. The Hall–Kier alpha value is -1.61. The van der Waals surface area contributed by atoms with Gasteiger partial charge in [-0.05, 0) is 28.1 Å². The number of hydrogen-bond donors (Lipinski definition) is 1. The number of hydrogen-bond acceptors (Lipinski definition) is 5. The van der Waals surface area contributed by atoms with Crippen LogP contribution in [-0.2, 0) is 14.3 Å². The molecule has 0 aliphatic rings. The second kappa shape index (κ2) is 12.6. The SMILES string of the molecule is CC(C)(C)CC(O)C(C)(C)C(C)(C)C(OCCC#N)C(C)(C)C(C)(C)C(OC(=O)C(F)(F)C(F)(F)C(F)(F)F)C(C)(C)C. The molecular formula is C31H52F7NO4. The second-order valence-electron chi connectivity index (χ2n) is 16.1. The third-order valence-electron chi connectivity index (χ3n) is 9.44. The normalized spacial score (nSPS) is 17.2. The number of halogens is 7. The number of nitriles is 1. The summed E-state index contributed by atoms with van der Waals surface area (Å²) in [6.45, 7) is 24.1. The first-order valence-corrected chi connectivity index (χ1v) is 14.3. The summed E-state index contributed by atoms with van der Waals surface area (Å²) in [6.07, 6.45) is -9.67. The van der Waals surface area contributed by atoms with E-state index in [0.717, 1.165) is 0 Å². The van der Waals surface area contributed by atoms with Crippen LogP contribution in [0.25, 0.3) is 0 Å². The molecule has 3 unspecified atom stereocenters. The van der Waals surface area contributed by atoms with Crippen LogP contribution in [0.4, 0.5) is 30.7 Å². The zero-order chi connectivity index (χ0) is 35.1. The minimum absolute atomic E-state index is 0.00943. The predicted molar refractivity (Wildman–Crippen MR) is 150 cm³/mol. The molecule has 0 aliphatic heterocycles. The molecule has 0 saturated carbocycles. The van der Waals surface area contributed by atoms with Gasteiger partial charge in [-0.3, -0.25) is 0 Å². The Morgan fingerprint density at radius 1 is 0.721 bits per heavy atom. The van der Waals surface area contributed by atoms with Crippen molar-refractivity contribution in [3.8, 4) is 6.07 Å². The highest BCUT2D eigenvalue weighted by atomic mass is 19.4. The van der Waals surface area contributed by atoms with Crippen LogP contribution < -0.4 is 0 Å². The van der Waals surface area contributed by atoms with Crippen molar-refractivity contribution in [1.29, 1.82) is 5.26 Å². The summed E-state index contributed by atoms with van der Waals surface area (Å²) in [5.41, 5.74) is -5.93. The lowest BCUT2D eigenvalue weighted by Crippen LogP contribution is -2.63. The van der Waals surface area contributed by atoms with Crippen molar-refractivity contribution in [2.75, 3.05) is 6.61 Å². The maximum Gasteiger partial charge on any atom is 0.460 e. The van der Waals surface area contributed by atoms with E-state index >= 15 is 0 Å². The van der Waals surface area contributed by atoms with Crippen molar-refractivity contribution in [2.45, 2.75) is 146 Å². The number of carbonyl (C=O) groups excluding carboxylic acids is 1. The van der Waals surface area contributed by atoms with Crippen LogP contribution in [0.3, 0.4) is 0 Å². The monoisotopic (exact) mass is 635 g/mol. The van der Waals surface area contributed by atoms with Gasteiger partial charge < -0.3 is 14.6 Å². The Labute approximate surface area is 252 Å². The Kier molecular flexibility index (Phi) is 12.2. The van der Waals surface area contributed by atoms with E-state index in [1.807, 2.05) is 54.5 Å². The molecule has 0 aromatic carbocycles. The topological polar surface area (TPSA) is 79.6 Å². The van der Waals surface area contributed by atoms with Crippen molar-refractivity contribution in [2.24, 2.45) is 32.5 Å². The summed E-state index contributed by atoms with van der Waals surface area (Å²) < 4.78 is 106. The van der Waals surface area contributed by atoms with E-state index in [1.54, 1.807) is 13.8 Å². The van der Waals surface area contributed by atoms with E-state index < -0.39 is 69.4 Å². The number of carbonyl (C=O) groups is 1. The molecule has 0 aromatic heterocycles. The average Bonchev–Trinajstić information content (AvgIpc) is 2.76. The van der Waals surface area contributed by atoms with Crippen molar-refractivity contribution < 1.29 is 50.1 Å². The van der Waals surface area contributed by atoms with Crippen LogP contribution in [0.2, 0.25) is 0 Å². The average molecular weight is 636 g/mol. The molecule has 3 atom stereocenters. The van der Waals surface area contributed by atoms with Crippen LogP contribution in [-0.4, -0.2) is 54.0 Å². The minimum atomic E-state index is -6.70. The molecule has 0 rings (SSSR count). The number of nitrogens with zero attached hydrogens (tertiary/aromatic N) is 1. The van der Waals surface area contributed by atoms with Crippen LogP contribution in [0.5, 0.6) is 0 Å². The summed E-state index contributed by atoms with van der Waals surface area (Å²) in [5.74, 6) is -15.9. The highest BCUT2D eigenvalue weighted by Gasteiger charge is 2.77. The summed E-state index contributed by atoms with van der Waals surface area (Å²) >= 11 is 0. The summed E-state index contributed by atoms with van der Waals surface area (Å²) in [5, 5.41) is 20.6. The van der Waals surface area contributed by atoms with Crippen LogP contribution in [0, 0.1) is 43.8 Å². The Morgan fingerprint density at radius 3 is 1.47 bits per heavy atom. The highest BCUT2D eigenvalue weighted by molar-refractivity contribution is 5.79. The van der Waals surface area contributed by atoms with Crippen LogP contribution >= 0.6 is 0 Å². The quantitative estimate of drug-likeness (QED) is 0.124. The molecule has 0 aliphatic carbocycles. The van der Waals surface area contributed by atoms with Gasteiger partial charge in [-0.2, -0.15) is 36.0 Å². The summed E-state index contributed by atoms with van der Waals surface area (Å²) in [7, 11) is 0. The molecule has 0 fully saturated rings. The number of ether oxygens (including phenoxy) is 2. The number of aliphatic hydroxyl groups is 1. The van der Waals surface area contributed by atoms with Gasteiger partial charge in [0.15, 0.2) is 0 Å². The van der Waals surface area contributed by atoms with Gasteiger partial charge in [0, 0.05) is 10.8 Å². The summed E-state index contributed by atoms with van der Waals surface area (Å²) in [4.78, 5) is 12.5. The molecule has 254 valence electrons. The van der Waals surface area contributed by atoms with E-state index in [1.165, 1.54) is 34.6 Å². The fourth-order valence-electron chi connectivity index (χ4n) is 5.71. The fourth-order valence-corrected chi connectivity index (χ4v) is 5.71. The van der Waals surface area contributed by atoms with Gasteiger partial charge in [0.1, 0.15) is 6.10 Å². The van der Waals surface area contributed by atoms with Crippen LogP contribution in [0.15, 0.2) is 0 Å². The predicted octanol–water partition coefficient (Wildman–Crippen LogP) is 8.98. The molecular weight excluding hydrogens is 583 g/mol. The van der Waals surface area contributed by atoms with Gasteiger partial charge in [-0.25, -0.2) is 4.79 Å². The largest absolute Gasteiger partial charge is 0.460 e. The fraction of sp³-hybridized carbons (Fsp3) is 0.935. The molecule has 12 heteroatoms. The van der Waals surface area contributed by atoms with Gasteiger partial charge in [0.2, 0.25) is 0 Å². The molecule has 0 heterocycles. The zero-order valence-electron chi connectivity index (χ0n) is 28.1. The standard InChI is InChI=1S/C31H52F7NO4/c1-23(2,3)18-19(40)25(7,8)27(11,12)21(42-17-15-16-39)28(13,14)26(9,10)20(24(4,5)6)43-22(41)29(32,33)30(34,35)31(36,37)38/h19-21,40H,15,17-18H2,1-14H3. The van der Waals surface area contributed by atoms with E-state index in [9.17, 15) is 45.9 Å². The maximum atomic E-state index is 14.4. The van der Waals surface area contributed by atoms with Crippen molar-refractivity contribution >= 4 is 5.97 Å². The van der Waals surface area contributed by atoms with Crippen molar-refractivity contribution in [3.05, 3.63) is 0 Å². The van der Waals surface area contributed by atoms with Gasteiger partial charge >= 0.3 is 24.0 Å². The third-order valence-corrected chi connectivity index (χ3v) is 9.44. The second-order valence-corrected chi connectivity index (χ2v) is 16.1. The van der Waals surface area contributed by atoms with E-state index in [0.29, 0.717) is 6.42 Å². The molecule has 0 saturated heterocycles. The number of alkyl halides is 7. The Morgan fingerprint density at radius 2 is 1.12 bits per heavy atom. The van der Waals surface area contributed by atoms with Gasteiger partial charge in [0.05, 0.1) is 31.3 Å². The molecule has 0 aromatic rings. The van der Waals surface area contributed by atoms with Crippen molar-refractivity contribution in [1.82, 2.24) is 0 Å². The lowest BCUT2D eigenvalue weighted by atomic mass is 9.49. The smallest absolute Gasteiger partial charge is 0.457 e. The Balaban J connectivity index is 7.12. The molecule has 0 amide bonds. The molecule has 5 nitrogen and oxygen atoms in total.